The summed E-state index contributed by atoms with van der Waals surface area (Å²) in [4.78, 5) is 24.8. The van der Waals surface area contributed by atoms with Gasteiger partial charge in [-0.05, 0) is 51.3 Å². The maximum absolute atomic E-state index is 13.1. The molecule has 2 aliphatic rings. The van der Waals surface area contributed by atoms with Crippen LogP contribution in [-0.4, -0.2) is 59.2 Å². The third-order valence-corrected chi connectivity index (χ3v) is 6.97. The summed E-state index contributed by atoms with van der Waals surface area (Å²) >= 11 is 0. The molecule has 1 saturated heterocycles. The summed E-state index contributed by atoms with van der Waals surface area (Å²) in [6.45, 7) is 6.82. The van der Waals surface area contributed by atoms with Gasteiger partial charge in [0, 0.05) is 36.9 Å². The number of carbonyl (C=O) groups is 1. The Balaban J connectivity index is 1.39. The molecule has 0 spiro atoms. The highest BCUT2D eigenvalue weighted by molar-refractivity contribution is 5.90. The second kappa shape index (κ2) is 7.43. The van der Waals surface area contributed by atoms with E-state index in [0.717, 1.165) is 47.4 Å². The Bertz CT molecular complexity index is 1330. The molecule has 0 bridgehead atoms. The fourth-order valence-electron chi connectivity index (χ4n) is 5.22. The first-order valence-corrected chi connectivity index (χ1v) is 11.4. The molecule has 0 aliphatic carbocycles. The molecule has 1 N–H and O–H groups in total. The van der Waals surface area contributed by atoms with Crippen LogP contribution < -0.4 is 4.90 Å². The quantitative estimate of drug-likeness (QED) is 0.515. The van der Waals surface area contributed by atoms with Crippen molar-refractivity contribution in [1.82, 2.24) is 34.7 Å². The molecule has 4 aromatic heterocycles. The van der Waals surface area contributed by atoms with Crippen LogP contribution in [0.5, 0.6) is 0 Å². The highest BCUT2D eigenvalue weighted by Crippen LogP contribution is 2.36. The molecular weight excluding hydrogens is 420 g/mol. The van der Waals surface area contributed by atoms with E-state index in [1.165, 1.54) is 0 Å². The van der Waals surface area contributed by atoms with Crippen LogP contribution in [0, 0.1) is 6.92 Å². The van der Waals surface area contributed by atoms with Gasteiger partial charge in [-0.2, -0.15) is 5.10 Å². The third-order valence-electron chi connectivity index (χ3n) is 6.97. The number of H-pyrrole nitrogens is 1. The molecule has 0 unspecified atom stereocenters. The van der Waals surface area contributed by atoms with E-state index in [1.807, 2.05) is 26.6 Å². The Morgan fingerprint density at radius 3 is 2.82 bits per heavy atom. The molecular formula is C23H26N8O2. The molecule has 0 aromatic carbocycles. The van der Waals surface area contributed by atoms with E-state index in [9.17, 15) is 4.79 Å². The highest BCUT2D eigenvalue weighted by atomic mass is 16.4. The number of imidazole rings is 1. The van der Waals surface area contributed by atoms with Crippen LogP contribution in [0.4, 0.5) is 6.01 Å². The van der Waals surface area contributed by atoms with E-state index in [1.54, 1.807) is 6.33 Å². The van der Waals surface area contributed by atoms with Gasteiger partial charge in [0.25, 0.3) is 0 Å². The number of nitrogens with one attached hydrogen (secondary N) is 1. The minimum Gasteiger partial charge on any atom is -0.399 e. The molecule has 3 atom stereocenters. The summed E-state index contributed by atoms with van der Waals surface area (Å²) in [5.74, 6) is -0.174. The van der Waals surface area contributed by atoms with Crippen molar-refractivity contribution in [2.24, 2.45) is 0 Å². The lowest BCUT2D eigenvalue weighted by molar-refractivity contribution is 0.0652. The number of fused-ring (bicyclic) bond motifs is 2. The zero-order valence-electron chi connectivity index (χ0n) is 18.9. The monoisotopic (exact) mass is 446 g/mol. The van der Waals surface area contributed by atoms with Crippen LogP contribution in [0.25, 0.3) is 5.52 Å². The summed E-state index contributed by atoms with van der Waals surface area (Å²) in [6, 6.07) is 6.46. The van der Waals surface area contributed by atoms with Crippen LogP contribution in [-0.2, 0) is 6.42 Å². The minimum atomic E-state index is -0.299. The second-order valence-electron chi connectivity index (χ2n) is 9.08. The summed E-state index contributed by atoms with van der Waals surface area (Å²) in [5.41, 5.74) is 4.97. The van der Waals surface area contributed by atoms with Gasteiger partial charge >= 0.3 is 17.8 Å². The van der Waals surface area contributed by atoms with Gasteiger partial charge in [-0.1, -0.05) is 11.2 Å². The SMILES string of the molecule is Cc1cccn2nc([C@H]3c4nc[nH]c4CCN3c3nnc(C(=O)N4[C@H](C)CC[C@@H]4C)o3)cc12. The minimum absolute atomic E-state index is 0.0306. The number of pyridine rings is 1. The maximum Gasteiger partial charge on any atom is 0.319 e. The molecule has 170 valence electrons. The zero-order chi connectivity index (χ0) is 22.7. The molecule has 1 amide bonds. The number of anilines is 1. The Morgan fingerprint density at radius 1 is 1.21 bits per heavy atom. The Hall–Kier alpha value is -3.69. The highest BCUT2D eigenvalue weighted by Gasteiger charge is 2.38. The smallest absolute Gasteiger partial charge is 0.319 e. The summed E-state index contributed by atoms with van der Waals surface area (Å²) in [6.07, 6.45) is 6.37. The summed E-state index contributed by atoms with van der Waals surface area (Å²) in [7, 11) is 0. The van der Waals surface area contributed by atoms with Crippen LogP contribution in [0.2, 0.25) is 0 Å². The number of hydrogen-bond donors (Lipinski definition) is 1. The number of aryl methyl sites for hydroxylation is 1. The van der Waals surface area contributed by atoms with E-state index >= 15 is 0 Å². The molecule has 2 aliphatic heterocycles. The average molecular weight is 447 g/mol. The third kappa shape index (κ3) is 3.12. The van der Waals surface area contributed by atoms with Gasteiger partial charge < -0.3 is 19.2 Å². The number of rotatable bonds is 3. The Morgan fingerprint density at radius 2 is 2.03 bits per heavy atom. The topological polar surface area (TPSA) is 108 Å². The van der Waals surface area contributed by atoms with Crippen molar-refractivity contribution in [3.63, 3.8) is 0 Å². The lowest BCUT2D eigenvalue weighted by Crippen LogP contribution is -2.38. The molecule has 0 saturated carbocycles. The van der Waals surface area contributed by atoms with Crippen molar-refractivity contribution in [2.45, 2.75) is 58.2 Å². The van der Waals surface area contributed by atoms with Crippen LogP contribution >= 0.6 is 0 Å². The van der Waals surface area contributed by atoms with Crippen LogP contribution in [0.3, 0.4) is 0 Å². The summed E-state index contributed by atoms with van der Waals surface area (Å²) < 4.78 is 7.85. The zero-order valence-corrected chi connectivity index (χ0v) is 18.9. The van der Waals surface area contributed by atoms with Crippen molar-refractivity contribution < 1.29 is 9.21 Å². The van der Waals surface area contributed by atoms with Crippen molar-refractivity contribution in [3.8, 4) is 0 Å². The molecule has 6 rings (SSSR count). The normalized spacial score (nSPS) is 22.8. The van der Waals surface area contributed by atoms with Crippen LogP contribution in [0.15, 0.2) is 35.1 Å². The fraction of sp³-hybridized carbons (Fsp3) is 0.435. The van der Waals surface area contributed by atoms with Crippen LogP contribution in [0.1, 0.15) is 66.1 Å². The predicted octanol–water partition coefficient (Wildman–Crippen LogP) is 2.91. The number of likely N-dealkylation sites (tertiary alicyclic amines) is 1. The molecule has 10 nitrogen and oxygen atoms in total. The van der Waals surface area contributed by atoms with Gasteiger partial charge in [-0.3, -0.25) is 4.79 Å². The average Bonchev–Trinajstić information content (AvgIpc) is 3.59. The van der Waals surface area contributed by atoms with Gasteiger partial charge in [-0.25, -0.2) is 9.50 Å². The molecule has 33 heavy (non-hydrogen) atoms. The predicted molar refractivity (Wildman–Crippen MR) is 120 cm³/mol. The fourth-order valence-corrected chi connectivity index (χ4v) is 5.22. The van der Waals surface area contributed by atoms with Crippen molar-refractivity contribution in [2.75, 3.05) is 11.4 Å². The van der Waals surface area contributed by atoms with Gasteiger partial charge in [0.15, 0.2) is 0 Å². The van der Waals surface area contributed by atoms with E-state index in [4.69, 9.17) is 9.52 Å². The molecule has 10 heteroatoms. The number of carbonyl (C=O) groups excluding carboxylic acids is 1. The number of hydrogen-bond acceptors (Lipinski definition) is 7. The van der Waals surface area contributed by atoms with E-state index in [-0.39, 0.29) is 29.9 Å². The van der Waals surface area contributed by atoms with Gasteiger partial charge in [-0.15, -0.1) is 5.10 Å². The lowest BCUT2D eigenvalue weighted by Gasteiger charge is -2.32. The molecule has 6 heterocycles. The second-order valence-corrected chi connectivity index (χ2v) is 9.08. The standard InChI is InChI=1S/C23H26N8O2/c1-13-5-4-9-30-18(13)11-17(28-30)20-19-16(24-12-25-19)8-10-29(20)23-27-26-21(33-23)22(32)31-14(2)6-7-15(31)3/h4-5,9,11-12,14-15,20H,6-8,10H2,1-3H3,(H,24,25)/t14-,15+,20-/m0/s1. The van der Waals surface area contributed by atoms with Gasteiger partial charge in [0.2, 0.25) is 0 Å². The number of amides is 1. The van der Waals surface area contributed by atoms with Crippen molar-refractivity contribution >= 4 is 17.4 Å². The van der Waals surface area contributed by atoms with Crippen molar-refractivity contribution in [3.05, 3.63) is 59.3 Å². The lowest BCUT2D eigenvalue weighted by atomic mass is 10.00. The summed E-state index contributed by atoms with van der Waals surface area (Å²) in [5, 5.41) is 13.2. The first-order valence-electron chi connectivity index (χ1n) is 11.4. The first kappa shape index (κ1) is 20.0. The molecule has 0 radical (unpaired) electrons. The Kier molecular flexibility index (Phi) is 4.49. The van der Waals surface area contributed by atoms with Gasteiger partial charge in [0.1, 0.15) is 6.04 Å². The largest absolute Gasteiger partial charge is 0.399 e. The number of aromatic nitrogens is 6. The number of aromatic amines is 1. The molecule has 1 fully saturated rings. The Labute approximate surface area is 190 Å². The van der Waals surface area contributed by atoms with Gasteiger partial charge in [0.05, 0.1) is 23.2 Å². The van der Waals surface area contributed by atoms with Crippen molar-refractivity contribution in [1.29, 1.82) is 0 Å². The number of nitrogens with zero attached hydrogens (tertiary/aromatic N) is 7. The van der Waals surface area contributed by atoms with E-state index in [2.05, 4.69) is 53.1 Å². The first-order chi connectivity index (χ1) is 16.0. The van der Waals surface area contributed by atoms with E-state index < -0.39 is 0 Å². The molecule has 4 aromatic rings. The maximum atomic E-state index is 13.1. The van der Waals surface area contributed by atoms with E-state index in [0.29, 0.717) is 12.6 Å².